The molecular weight excluding hydrogens is 692 g/mol. The van der Waals surface area contributed by atoms with Gasteiger partial charge in [-0.15, -0.1) is 0 Å². The van der Waals surface area contributed by atoms with E-state index in [0.29, 0.717) is 13.0 Å². The summed E-state index contributed by atoms with van der Waals surface area (Å²) in [6.07, 6.45) is 24.8. The summed E-state index contributed by atoms with van der Waals surface area (Å²) < 4.78 is 58.7. The van der Waals surface area contributed by atoms with E-state index in [1.807, 2.05) is 0 Å². The van der Waals surface area contributed by atoms with Crippen molar-refractivity contribution in [2.24, 2.45) is 0 Å². The fourth-order valence-corrected chi connectivity index (χ4v) is 6.31. The van der Waals surface area contributed by atoms with Gasteiger partial charge in [-0.05, 0) is 44.9 Å². The summed E-state index contributed by atoms with van der Waals surface area (Å²) in [4.78, 5) is 12.7. The molecule has 1 rings (SSSR count). The zero-order valence-electron chi connectivity index (χ0n) is 31.9. The highest BCUT2D eigenvalue weighted by molar-refractivity contribution is 7.80. The number of esters is 1. The second-order valence-corrected chi connectivity index (χ2v) is 14.5. The Kier molecular flexibility index (Phi) is 29.4. The average Bonchev–Trinajstić information content (AvgIpc) is 3.11. The highest BCUT2D eigenvalue weighted by Gasteiger charge is 2.48. The summed E-state index contributed by atoms with van der Waals surface area (Å²) in [6, 6.07) is 0. The molecule has 0 aromatic rings. The van der Waals surface area contributed by atoms with Crippen LogP contribution in [0.25, 0.3) is 0 Å². The third kappa shape index (κ3) is 25.4. The second-order valence-electron chi connectivity index (χ2n) is 13.5. The molecule has 1 aliphatic rings. The molecule has 1 heterocycles. The van der Waals surface area contributed by atoms with Gasteiger partial charge in [-0.3, -0.25) is 9.35 Å². The zero-order valence-corrected chi connectivity index (χ0v) is 32.7. The number of carbonyl (C=O) groups excluding carboxylic acids is 1. The summed E-state index contributed by atoms with van der Waals surface area (Å²) in [6.45, 7) is 3.80. The van der Waals surface area contributed by atoms with Gasteiger partial charge in [-0.2, -0.15) is 8.42 Å². The van der Waals surface area contributed by atoms with Gasteiger partial charge in [0, 0.05) is 13.0 Å². The van der Waals surface area contributed by atoms with Gasteiger partial charge in [0.2, 0.25) is 0 Å². The van der Waals surface area contributed by atoms with Crippen LogP contribution < -0.4 is 0 Å². The molecule has 0 aromatic heterocycles. The van der Waals surface area contributed by atoms with Crippen LogP contribution in [0.15, 0.2) is 36.5 Å². The van der Waals surface area contributed by atoms with Gasteiger partial charge in [0.05, 0.1) is 19.8 Å². The van der Waals surface area contributed by atoms with Crippen molar-refractivity contribution >= 4 is 16.4 Å². The lowest BCUT2D eigenvalue weighted by atomic mass is 9.99. The van der Waals surface area contributed by atoms with E-state index in [1.165, 1.54) is 44.9 Å². The molecule has 6 atom stereocenters. The van der Waals surface area contributed by atoms with Crippen molar-refractivity contribution in [1.82, 2.24) is 0 Å². The second kappa shape index (κ2) is 31.6. The van der Waals surface area contributed by atoms with Crippen molar-refractivity contribution in [3.05, 3.63) is 36.5 Å². The number of hydrogen-bond acceptors (Lipinski definition) is 11. The molecule has 1 aliphatic heterocycles. The van der Waals surface area contributed by atoms with Gasteiger partial charge in [-0.25, -0.2) is 4.18 Å². The Hall–Kier alpha value is -1.68. The topological polar surface area (TPSA) is 178 Å². The number of hydrogen-bond donors (Lipinski definition) is 4. The smallest absolute Gasteiger partial charge is 0.397 e. The van der Waals surface area contributed by atoms with Crippen molar-refractivity contribution < 1.29 is 56.2 Å². The molecule has 0 aliphatic carbocycles. The fraction of sp³-hybridized carbons (Fsp3) is 0.821. The van der Waals surface area contributed by atoms with Gasteiger partial charge in [-0.1, -0.05) is 127 Å². The minimum absolute atomic E-state index is 0.0281. The molecule has 4 N–H and O–H groups in total. The van der Waals surface area contributed by atoms with E-state index in [1.54, 1.807) is 0 Å². The van der Waals surface area contributed by atoms with Crippen LogP contribution in [0.5, 0.6) is 0 Å². The predicted octanol–water partition coefficient (Wildman–Crippen LogP) is 7.07. The van der Waals surface area contributed by atoms with E-state index >= 15 is 0 Å². The number of rotatable bonds is 33. The third-order valence-electron chi connectivity index (χ3n) is 8.78. The first-order valence-electron chi connectivity index (χ1n) is 19.7. The van der Waals surface area contributed by atoms with Crippen LogP contribution in [0, 0.1) is 0 Å². The van der Waals surface area contributed by atoms with E-state index in [2.05, 4.69) is 54.5 Å². The zero-order chi connectivity index (χ0) is 38.3. The van der Waals surface area contributed by atoms with Gasteiger partial charge in [0.15, 0.2) is 6.29 Å². The Morgan fingerprint density at radius 3 is 1.94 bits per heavy atom. The van der Waals surface area contributed by atoms with Gasteiger partial charge in [0.25, 0.3) is 0 Å². The van der Waals surface area contributed by atoms with Crippen LogP contribution in [0.3, 0.4) is 0 Å². The van der Waals surface area contributed by atoms with Crippen molar-refractivity contribution in [3.63, 3.8) is 0 Å². The number of aliphatic hydroxyl groups is 3. The number of ether oxygens (including phenoxy) is 4. The minimum Gasteiger partial charge on any atom is -0.457 e. The highest BCUT2D eigenvalue weighted by atomic mass is 32.3. The Morgan fingerprint density at radius 2 is 1.33 bits per heavy atom. The molecule has 0 aromatic carbocycles. The predicted molar refractivity (Wildman–Crippen MR) is 202 cm³/mol. The first kappa shape index (κ1) is 48.3. The summed E-state index contributed by atoms with van der Waals surface area (Å²) in [5, 5.41) is 30.5. The Balaban J connectivity index is 2.48. The van der Waals surface area contributed by atoms with Crippen molar-refractivity contribution in [2.75, 3.05) is 26.4 Å². The number of aliphatic hydroxyl groups excluding tert-OH is 3. The fourth-order valence-electron chi connectivity index (χ4n) is 5.80. The van der Waals surface area contributed by atoms with Crippen LogP contribution >= 0.6 is 0 Å². The molecule has 304 valence electrons. The van der Waals surface area contributed by atoms with Crippen LogP contribution in [0.4, 0.5) is 0 Å². The van der Waals surface area contributed by atoms with E-state index in [9.17, 15) is 28.5 Å². The van der Waals surface area contributed by atoms with E-state index in [0.717, 1.165) is 70.6 Å². The van der Waals surface area contributed by atoms with Gasteiger partial charge in [0.1, 0.15) is 30.5 Å². The van der Waals surface area contributed by atoms with E-state index in [4.69, 9.17) is 23.5 Å². The maximum Gasteiger partial charge on any atom is 0.397 e. The lowest BCUT2D eigenvalue weighted by Crippen LogP contribution is -2.60. The normalized spacial score (nSPS) is 21.8. The largest absolute Gasteiger partial charge is 0.457 e. The molecule has 13 heteroatoms. The molecule has 0 saturated carbocycles. The lowest BCUT2D eigenvalue weighted by molar-refractivity contribution is -0.301. The molecule has 1 fully saturated rings. The third-order valence-corrected chi connectivity index (χ3v) is 9.24. The number of carbonyl (C=O) groups is 1. The van der Waals surface area contributed by atoms with Crippen LogP contribution in [0.1, 0.15) is 142 Å². The SMILES string of the molecule is CC/C=C\C/C=C\C/C=C\CCCCCCCCOCC(COC1OC(CO)C(O)C(OS(=O)(=O)O)C1O)OC(=O)CCCCCCCCCCC. The molecule has 0 amide bonds. The average molecular weight is 763 g/mol. The first-order chi connectivity index (χ1) is 25.1. The standard InChI is InChI=1S/C39H70O12S/c1-3-5-7-9-11-13-14-15-16-17-18-19-21-23-25-27-29-47-31-33(49-35(41)28-26-24-22-20-12-10-8-6-4-2)32-48-39-37(43)38(51-52(44,45)46)36(42)34(30-40)50-39/h5,7,11,13,15-16,33-34,36-40,42-43H,3-4,6,8-10,12,14,17-32H2,1-2H3,(H,44,45,46)/b7-5-,13-11-,16-15-. The Morgan fingerprint density at radius 1 is 0.750 bits per heavy atom. The van der Waals surface area contributed by atoms with E-state index < -0.39 is 59.8 Å². The summed E-state index contributed by atoms with van der Waals surface area (Å²) in [5.74, 6) is -0.410. The van der Waals surface area contributed by atoms with Crippen molar-refractivity contribution in [2.45, 2.75) is 179 Å². The van der Waals surface area contributed by atoms with Crippen LogP contribution in [-0.2, 0) is 38.3 Å². The minimum atomic E-state index is -5.06. The Bertz CT molecular complexity index is 1060. The van der Waals surface area contributed by atoms with Crippen molar-refractivity contribution in [3.8, 4) is 0 Å². The molecule has 0 radical (unpaired) electrons. The summed E-state index contributed by atoms with van der Waals surface area (Å²) in [7, 11) is -5.06. The molecule has 0 spiro atoms. The molecule has 52 heavy (non-hydrogen) atoms. The maximum absolute atomic E-state index is 12.7. The molecule has 6 unspecified atom stereocenters. The number of unbranched alkanes of at least 4 members (excludes halogenated alkanes) is 14. The van der Waals surface area contributed by atoms with E-state index in [-0.39, 0.29) is 19.6 Å². The molecule has 12 nitrogen and oxygen atoms in total. The van der Waals surface area contributed by atoms with Crippen LogP contribution in [-0.4, -0.2) is 97.5 Å². The molecular formula is C39H70O12S. The number of allylic oxidation sites excluding steroid dienone is 6. The van der Waals surface area contributed by atoms with Crippen molar-refractivity contribution in [1.29, 1.82) is 0 Å². The van der Waals surface area contributed by atoms with Crippen LogP contribution in [0.2, 0.25) is 0 Å². The van der Waals surface area contributed by atoms with Gasteiger partial charge >= 0.3 is 16.4 Å². The first-order valence-corrected chi connectivity index (χ1v) is 21.1. The molecule has 0 bridgehead atoms. The maximum atomic E-state index is 12.7. The molecule has 1 saturated heterocycles. The highest BCUT2D eigenvalue weighted by Crippen LogP contribution is 2.26. The Labute approximate surface area is 313 Å². The summed E-state index contributed by atoms with van der Waals surface area (Å²) >= 11 is 0. The lowest BCUT2D eigenvalue weighted by Gasteiger charge is -2.41. The monoisotopic (exact) mass is 762 g/mol. The van der Waals surface area contributed by atoms with Gasteiger partial charge < -0.3 is 34.3 Å². The quantitative estimate of drug-likeness (QED) is 0.0232. The summed E-state index contributed by atoms with van der Waals surface area (Å²) in [5.41, 5.74) is 0.